The summed E-state index contributed by atoms with van der Waals surface area (Å²) in [4.78, 5) is 0. The van der Waals surface area contributed by atoms with Crippen molar-refractivity contribution in [2.45, 2.75) is 13.3 Å². The van der Waals surface area contributed by atoms with Crippen molar-refractivity contribution >= 4 is 15.9 Å². The van der Waals surface area contributed by atoms with Gasteiger partial charge in [-0.3, -0.25) is 4.48 Å². The fourth-order valence-corrected chi connectivity index (χ4v) is 2.06. The summed E-state index contributed by atoms with van der Waals surface area (Å²) in [5, 5.41) is 0. The van der Waals surface area contributed by atoms with Gasteiger partial charge in [0.05, 0.1) is 25.2 Å². The van der Waals surface area contributed by atoms with Crippen LogP contribution in [-0.4, -0.2) is 31.7 Å². The Kier molecular flexibility index (Phi) is 3.56. The van der Waals surface area contributed by atoms with Crippen LogP contribution in [0.5, 0.6) is 0 Å². The van der Waals surface area contributed by atoms with Crippen molar-refractivity contribution in [2.24, 2.45) is 0 Å². The van der Waals surface area contributed by atoms with E-state index < -0.39 is 0 Å². The lowest BCUT2D eigenvalue weighted by atomic mass is 10.3. The largest absolute Gasteiger partial charge is 0.452 e. The summed E-state index contributed by atoms with van der Waals surface area (Å²) in [6.07, 6.45) is 5.17. The molecule has 1 rings (SSSR count). The lowest BCUT2D eigenvalue weighted by Gasteiger charge is -2.32. The second-order valence-corrected chi connectivity index (χ2v) is 4.83. The third kappa shape index (κ3) is 2.85. The van der Waals surface area contributed by atoms with Crippen LogP contribution in [0, 0.1) is 0 Å². The van der Waals surface area contributed by atoms with Gasteiger partial charge in [0.2, 0.25) is 0 Å². The molecule has 0 spiro atoms. The lowest BCUT2D eigenvalue weighted by molar-refractivity contribution is -0.863. The van der Waals surface area contributed by atoms with Crippen molar-refractivity contribution in [3.8, 4) is 0 Å². The molecule has 0 aromatic rings. The van der Waals surface area contributed by atoms with Gasteiger partial charge in [-0.1, -0.05) is 6.92 Å². The van der Waals surface area contributed by atoms with E-state index in [1.54, 1.807) is 0 Å². The topological polar surface area (TPSA) is 9.23 Å². The van der Waals surface area contributed by atoms with Crippen LogP contribution in [-0.2, 0) is 4.74 Å². The predicted molar refractivity (Wildman–Crippen MR) is 58.3 cm³/mol. The van der Waals surface area contributed by atoms with E-state index in [1.807, 2.05) is 6.08 Å². The molecule has 1 aliphatic heterocycles. The van der Waals surface area contributed by atoms with Gasteiger partial charge in [-0.15, -0.1) is 0 Å². The highest BCUT2D eigenvalue weighted by Gasteiger charge is 2.27. The molecule has 0 radical (unpaired) electrons. The predicted octanol–water partition coefficient (Wildman–Crippen LogP) is 2.62. The molecule has 2 nitrogen and oxygen atoms in total. The number of rotatable bonds is 3. The van der Waals surface area contributed by atoms with Crippen LogP contribution in [0.15, 0.2) is 22.5 Å². The highest BCUT2D eigenvalue weighted by Crippen LogP contribution is 2.23. The molecule has 0 bridgehead atoms. The molecule has 0 saturated heterocycles. The zero-order valence-electron chi connectivity index (χ0n) is 8.51. The minimum atomic E-state index is 0.789. The van der Waals surface area contributed by atoms with E-state index in [0.29, 0.717) is 0 Å². The Balaban J connectivity index is 2.69. The van der Waals surface area contributed by atoms with E-state index in [9.17, 15) is 0 Å². The maximum Gasteiger partial charge on any atom is 0.291 e. The third-order valence-corrected chi connectivity index (χ3v) is 2.52. The van der Waals surface area contributed by atoms with E-state index in [-0.39, 0.29) is 0 Å². The standard InChI is InChI=1S/C10H17BrNO/c1-4-7-13-10-6-5-9(11)8-12(10,2)3/h5-6H,4,7-8H2,1-3H3/q+1. The third-order valence-electron chi connectivity index (χ3n) is 2.00. The normalized spacial score (nSPS) is 20.6. The number of halogens is 1. The number of likely N-dealkylation sites (N-methyl/N-ethyl adjacent to an activating group) is 1. The summed E-state index contributed by atoms with van der Waals surface area (Å²) < 4.78 is 7.68. The fourth-order valence-electron chi connectivity index (χ4n) is 1.30. The zero-order valence-corrected chi connectivity index (χ0v) is 10.1. The smallest absolute Gasteiger partial charge is 0.291 e. The van der Waals surface area contributed by atoms with Crippen molar-refractivity contribution in [3.63, 3.8) is 0 Å². The lowest BCUT2D eigenvalue weighted by Crippen LogP contribution is -2.42. The van der Waals surface area contributed by atoms with Crippen LogP contribution in [0.3, 0.4) is 0 Å². The van der Waals surface area contributed by atoms with Gasteiger partial charge in [0.15, 0.2) is 0 Å². The molecule has 0 aliphatic carbocycles. The Labute approximate surface area is 88.6 Å². The summed E-state index contributed by atoms with van der Waals surface area (Å²) in [5.74, 6) is 1.05. The molecule has 0 aromatic heterocycles. The number of ether oxygens (including phenoxy) is 1. The SMILES string of the molecule is CCCOC1=CC=C(Br)C[N+]1(C)C. The molecule has 0 unspecified atom stereocenters. The monoisotopic (exact) mass is 246 g/mol. The molecule has 0 amide bonds. The van der Waals surface area contributed by atoms with Crippen molar-refractivity contribution in [2.75, 3.05) is 27.2 Å². The Morgan fingerprint density at radius 1 is 1.46 bits per heavy atom. The Hall–Kier alpha value is -0.280. The van der Waals surface area contributed by atoms with Crippen LogP contribution in [0.1, 0.15) is 13.3 Å². The molecule has 0 N–H and O–H groups in total. The van der Waals surface area contributed by atoms with Crippen LogP contribution in [0.25, 0.3) is 0 Å². The van der Waals surface area contributed by atoms with Gasteiger partial charge in [0.25, 0.3) is 5.88 Å². The summed E-state index contributed by atoms with van der Waals surface area (Å²) in [6.45, 7) is 3.89. The second kappa shape index (κ2) is 4.29. The molecule has 0 fully saturated rings. The first-order chi connectivity index (χ1) is 6.06. The van der Waals surface area contributed by atoms with Gasteiger partial charge < -0.3 is 4.74 Å². The maximum atomic E-state index is 5.66. The van der Waals surface area contributed by atoms with E-state index in [1.165, 1.54) is 4.48 Å². The Bertz CT molecular complexity index is 243. The molecule has 0 saturated carbocycles. The number of hydrogen-bond donors (Lipinski definition) is 0. The minimum Gasteiger partial charge on any atom is -0.452 e. The minimum absolute atomic E-state index is 0.789. The zero-order chi connectivity index (χ0) is 9.90. The highest BCUT2D eigenvalue weighted by atomic mass is 79.9. The van der Waals surface area contributed by atoms with Gasteiger partial charge in [-0.05, 0) is 28.4 Å². The number of nitrogens with zero attached hydrogens (tertiary/aromatic N) is 1. The summed E-state index contributed by atoms with van der Waals surface area (Å²) >= 11 is 3.50. The molecule has 0 atom stereocenters. The van der Waals surface area contributed by atoms with E-state index >= 15 is 0 Å². The van der Waals surface area contributed by atoms with E-state index in [4.69, 9.17) is 4.74 Å². The summed E-state index contributed by atoms with van der Waals surface area (Å²) in [7, 11) is 4.30. The van der Waals surface area contributed by atoms with Crippen LogP contribution >= 0.6 is 15.9 Å². The van der Waals surface area contributed by atoms with Crippen LogP contribution < -0.4 is 0 Å². The Morgan fingerprint density at radius 3 is 2.69 bits per heavy atom. The van der Waals surface area contributed by atoms with Crippen molar-refractivity contribution < 1.29 is 9.22 Å². The van der Waals surface area contributed by atoms with Gasteiger partial charge in [0.1, 0.15) is 6.54 Å². The first-order valence-electron chi connectivity index (χ1n) is 4.59. The van der Waals surface area contributed by atoms with Crippen LogP contribution in [0.4, 0.5) is 0 Å². The average Bonchev–Trinajstić information content (AvgIpc) is 2.01. The second-order valence-electron chi connectivity index (χ2n) is 3.81. The summed E-state index contributed by atoms with van der Waals surface area (Å²) in [5.41, 5.74) is 0. The first kappa shape index (κ1) is 10.8. The molecule has 3 heteroatoms. The van der Waals surface area contributed by atoms with Crippen molar-refractivity contribution in [3.05, 3.63) is 22.5 Å². The highest BCUT2D eigenvalue weighted by molar-refractivity contribution is 9.11. The van der Waals surface area contributed by atoms with Gasteiger partial charge in [-0.2, -0.15) is 0 Å². The van der Waals surface area contributed by atoms with Gasteiger partial charge in [-0.25, -0.2) is 0 Å². The number of quaternary nitrogens is 1. The maximum absolute atomic E-state index is 5.66. The van der Waals surface area contributed by atoms with Crippen molar-refractivity contribution in [1.29, 1.82) is 0 Å². The average molecular weight is 247 g/mol. The molecule has 1 heterocycles. The van der Waals surface area contributed by atoms with E-state index in [0.717, 1.165) is 29.9 Å². The fraction of sp³-hybridized carbons (Fsp3) is 0.600. The molecule has 0 aromatic carbocycles. The molecule has 13 heavy (non-hydrogen) atoms. The molecule has 1 aliphatic rings. The number of allylic oxidation sites excluding steroid dienone is 2. The van der Waals surface area contributed by atoms with Crippen molar-refractivity contribution in [1.82, 2.24) is 0 Å². The quantitative estimate of drug-likeness (QED) is 0.696. The van der Waals surface area contributed by atoms with Gasteiger partial charge in [0, 0.05) is 6.08 Å². The molecule has 74 valence electrons. The van der Waals surface area contributed by atoms with Crippen LogP contribution in [0.2, 0.25) is 0 Å². The number of hydrogen-bond acceptors (Lipinski definition) is 1. The first-order valence-corrected chi connectivity index (χ1v) is 5.38. The molecular formula is C10H17BrNO+. The Morgan fingerprint density at radius 2 is 2.15 bits per heavy atom. The summed E-state index contributed by atoms with van der Waals surface area (Å²) in [6, 6.07) is 0. The van der Waals surface area contributed by atoms with E-state index in [2.05, 4.69) is 43.0 Å². The molecular weight excluding hydrogens is 230 g/mol. The van der Waals surface area contributed by atoms with Gasteiger partial charge >= 0.3 is 0 Å².